The summed E-state index contributed by atoms with van der Waals surface area (Å²) in [6.07, 6.45) is 4.80. The standard InChI is InChI=1S/C20H34N2O2/c1-4-12-22(15-17-8-10-21-11-9-17)16-18-6-7-19(24-13-5-2)20(14-18)23-3/h6-7,14,17,21H,4-5,8-13,15-16H2,1-3H3. The highest BCUT2D eigenvalue weighted by atomic mass is 16.5. The fourth-order valence-electron chi connectivity index (χ4n) is 3.38. The van der Waals surface area contributed by atoms with E-state index in [9.17, 15) is 0 Å². The van der Waals surface area contributed by atoms with Gasteiger partial charge in [-0.1, -0.05) is 19.9 Å². The van der Waals surface area contributed by atoms with Gasteiger partial charge in [-0.3, -0.25) is 4.90 Å². The first-order valence-corrected chi connectivity index (χ1v) is 9.49. The Morgan fingerprint density at radius 3 is 2.58 bits per heavy atom. The lowest BCUT2D eigenvalue weighted by atomic mass is 9.97. The van der Waals surface area contributed by atoms with Crippen molar-refractivity contribution >= 4 is 0 Å². The summed E-state index contributed by atoms with van der Waals surface area (Å²) in [4.78, 5) is 2.59. The Morgan fingerprint density at radius 2 is 1.92 bits per heavy atom. The Hall–Kier alpha value is -1.26. The number of rotatable bonds is 10. The molecular formula is C20H34N2O2. The van der Waals surface area contributed by atoms with E-state index in [0.717, 1.165) is 43.5 Å². The van der Waals surface area contributed by atoms with Crippen LogP contribution >= 0.6 is 0 Å². The van der Waals surface area contributed by atoms with Crippen molar-refractivity contribution in [3.63, 3.8) is 0 Å². The number of methoxy groups -OCH3 is 1. The van der Waals surface area contributed by atoms with Crippen molar-refractivity contribution in [3.8, 4) is 11.5 Å². The zero-order valence-electron chi connectivity index (χ0n) is 15.6. The summed E-state index contributed by atoms with van der Waals surface area (Å²) in [5.74, 6) is 2.52. The first kappa shape index (κ1) is 19.1. The SMILES string of the molecule is CCCOc1ccc(CN(CCC)CC2CCNCC2)cc1OC. The minimum absolute atomic E-state index is 0.730. The number of nitrogens with one attached hydrogen (secondary N) is 1. The first-order chi connectivity index (χ1) is 11.8. The molecular weight excluding hydrogens is 300 g/mol. The van der Waals surface area contributed by atoms with Crippen LogP contribution in [0.1, 0.15) is 45.1 Å². The summed E-state index contributed by atoms with van der Waals surface area (Å²) in [6.45, 7) is 10.8. The van der Waals surface area contributed by atoms with Crippen molar-refractivity contribution in [1.29, 1.82) is 0 Å². The van der Waals surface area contributed by atoms with Gasteiger partial charge in [0, 0.05) is 13.1 Å². The number of benzene rings is 1. The van der Waals surface area contributed by atoms with Crippen LogP contribution in [0.3, 0.4) is 0 Å². The lowest BCUT2D eigenvalue weighted by Gasteiger charge is -2.30. The molecule has 1 aliphatic rings. The molecule has 0 unspecified atom stereocenters. The van der Waals surface area contributed by atoms with E-state index in [4.69, 9.17) is 9.47 Å². The molecule has 0 atom stereocenters. The molecule has 0 spiro atoms. The summed E-state index contributed by atoms with van der Waals surface area (Å²) in [5.41, 5.74) is 1.30. The minimum atomic E-state index is 0.730. The van der Waals surface area contributed by atoms with E-state index < -0.39 is 0 Å². The molecule has 0 aliphatic carbocycles. The highest BCUT2D eigenvalue weighted by Crippen LogP contribution is 2.29. The Balaban J connectivity index is 1.99. The highest BCUT2D eigenvalue weighted by molar-refractivity contribution is 5.43. The average molecular weight is 335 g/mol. The van der Waals surface area contributed by atoms with Crippen molar-refractivity contribution < 1.29 is 9.47 Å². The normalized spacial score (nSPS) is 15.7. The highest BCUT2D eigenvalue weighted by Gasteiger charge is 2.17. The van der Waals surface area contributed by atoms with E-state index in [1.807, 2.05) is 0 Å². The Kier molecular flexibility index (Phi) is 8.40. The van der Waals surface area contributed by atoms with Gasteiger partial charge in [-0.25, -0.2) is 0 Å². The molecule has 1 heterocycles. The van der Waals surface area contributed by atoms with Crippen LogP contribution < -0.4 is 14.8 Å². The molecule has 1 saturated heterocycles. The number of hydrogen-bond acceptors (Lipinski definition) is 4. The zero-order chi connectivity index (χ0) is 17.2. The fourth-order valence-corrected chi connectivity index (χ4v) is 3.38. The molecule has 1 aromatic carbocycles. The molecule has 1 N–H and O–H groups in total. The van der Waals surface area contributed by atoms with Crippen LogP contribution in [-0.4, -0.2) is 44.8 Å². The summed E-state index contributed by atoms with van der Waals surface area (Å²) in [7, 11) is 1.72. The Bertz CT molecular complexity index is 473. The first-order valence-electron chi connectivity index (χ1n) is 9.49. The molecule has 4 heteroatoms. The number of ether oxygens (including phenoxy) is 2. The van der Waals surface area contributed by atoms with Crippen LogP contribution in [-0.2, 0) is 6.54 Å². The van der Waals surface area contributed by atoms with Gasteiger partial charge in [0.2, 0.25) is 0 Å². The van der Waals surface area contributed by atoms with Crippen molar-refractivity contribution in [2.45, 2.75) is 46.1 Å². The molecule has 0 amide bonds. The third-order valence-corrected chi connectivity index (χ3v) is 4.61. The van der Waals surface area contributed by atoms with Gasteiger partial charge in [0.15, 0.2) is 11.5 Å². The van der Waals surface area contributed by atoms with Crippen molar-refractivity contribution in [3.05, 3.63) is 23.8 Å². The quantitative estimate of drug-likeness (QED) is 0.707. The van der Waals surface area contributed by atoms with Gasteiger partial charge in [-0.2, -0.15) is 0 Å². The predicted molar refractivity (Wildman–Crippen MR) is 99.9 cm³/mol. The van der Waals surface area contributed by atoms with E-state index in [1.54, 1.807) is 7.11 Å². The van der Waals surface area contributed by atoms with E-state index in [-0.39, 0.29) is 0 Å². The Labute approximate surface area is 147 Å². The maximum atomic E-state index is 5.76. The van der Waals surface area contributed by atoms with Crippen LogP contribution in [0.5, 0.6) is 11.5 Å². The molecule has 1 fully saturated rings. The molecule has 136 valence electrons. The number of nitrogens with zero attached hydrogens (tertiary/aromatic N) is 1. The van der Waals surface area contributed by atoms with Crippen molar-refractivity contribution in [1.82, 2.24) is 10.2 Å². The van der Waals surface area contributed by atoms with Gasteiger partial charge < -0.3 is 14.8 Å². The van der Waals surface area contributed by atoms with Crippen molar-refractivity contribution in [2.75, 3.05) is 39.9 Å². The van der Waals surface area contributed by atoms with Gasteiger partial charge in [-0.15, -0.1) is 0 Å². The molecule has 1 aromatic rings. The Morgan fingerprint density at radius 1 is 1.12 bits per heavy atom. The summed E-state index contributed by atoms with van der Waals surface area (Å²) in [6, 6.07) is 6.37. The molecule has 0 saturated carbocycles. The van der Waals surface area contributed by atoms with E-state index in [0.29, 0.717) is 0 Å². The largest absolute Gasteiger partial charge is 0.493 e. The summed E-state index contributed by atoms with van der Waals surface area (Å²) >= 11 is 0. The topological polar surface area (TPSA) is 33.7 Å². The van der Waals surface area contributed by atoms with Gasteiger partial charge >= 0.3 is 0 Å². The second-order valence-electron chi connectivity index (χ2n) is 6.76. The van der Waals surface area contributed by atoms with E-state index in [2.05, 4.69) is 42.3 Å². The average Bonchev–Trinajstić information content (AvgIpc) is 2.61. The van der Waals surface area contributed by atoms with E-state index >= 15 is 0 Å². The second kappa shape index (κ2) is 10.6. The van der Waals surface area contributed by atoms with Gasteiger partial charge in [0.25, 0.3) is 0 Å². The summed E-state index contributed by atoms with van der Waals surface area (Å²) < 4.78 is 11.3. The van der Waals surface area contributed by atoms with Crippen LogP contribution in [0, 0.1) is 5.92 Å². The zero-order valence-corrected chi connectivity index (χ0v) is 15.6. The molecule has 4 nitrogen and oxygen atoms in total. The minimum Gasteiger partial charge on any atom is -0.493 e. The molecule has 2 rings (SSSR count). The second-order valence-corrected chi connectivity index (χ2v) is 6.76. The maximum Gasteiger partial charge on any atom is 0.161 e. The monoisotopic (exact) mass is 334 g/mol. The lowest BCUT2D eigenvalue weighted by Crippen LogP contribution is -2.36. The summed E-state index contributed by atoms with van der Waals surface area (Å²) in [5, 5.41) is 3.46. The third kappa shape index (κ3) is 5.99. The van der Waals surface area contributed by atoms with Crippen molar-refractivity contribution in [2.24, 2.45) is 5.92 Å². The van der Waals surface area contributed by atoms with Crippen LogP contribution in [0.2, 0.25) is 0 Å². The molecule has 0 radical (unpaired) electrons. The molecule has 0 bridgehead atoms. The molecule has 0 aromatic heterocycles. The van der Waals surface area contributed by atoms with E-state index in [1.165, 1.54) is 44.5 Å². The molecule has 1 aliphatic heterocycles. The maximum absolute atomic E-state index is 5.76. The van der Waals surface area contributed by atoms with Crippen LogP contribution in [0.15, 0.2) is 18.2 Å². The lowest BCUT2D eigenvalue weighted by molar-refractivity contribution is 0.198. The van der Waals surface area contributed by atoms with Crippen LogP contribution in [0.4, 0.5) is 0 Å². The molecule has 24 heavy (non-hydrogen) atoms. The van der Waals surface area contributed by atoms with Gasteiger partial charge in [0.05, 0.1) is 13.7 Å². The fraction of sp³-hybridized carbons (Fsp3) is 0.700. The van der Waals surface area contributed by atoms with Crippen LogP contribution in [0.25, 0.3) is 0 Å². The van der Waals surface area contributed by atoms with Gasteiger partial charge in [0.1, 0.15) is 0 Å². The third-order valence-electron chi connectivity index (χ3n) is 4.61. The predicted octanol–water partition coefficient (Wildman–Crippen LogP) is 3.70. The number of hydrogen-bond donors (Lipinski definition) is 1. The van der Waals surface area contributed by atoms with Gasteiger partial charge in [-0.05, 0) is 68.9 Å². The smallest absolute Gasteiger partial charge is 0.161 e. The number of piperidine rings is 1.